The molecule has 0 aromatic carbocycles. The van der Waals surface area contributed by atoms with Gasteiger partial charge in [0.05, 0.1) is 0 Å². The number of rotatable bonds is 4. The highest BCUT2D eigenvalue weighted by atomic mass is 14.8. The second-order valence-corrected chi connectivity index (χ2v) is 2.78. The maximum absolute atomic E-state index is 3.64. The standard InChI is InChI=1S/C9H17N/c1-5-6-9(10-4)7-8(2)3/h5-6,8,10H,1,7H2,2-4H3/b9-6+. The third-order valence-corrected chi connectivity index (χ3v) is 1.27. The van der Waals surface area contributed by atoms with Crippen LogP contribution in [0.15, 0.2) is 24.4 Å². The molecule has 1 N–H and O–H groups in total. The first-order valence-electron chi connectivity index (χ1n) is 3.70. The average molecular weight is 139 g/mol. The molecule has 0 unspecified atom stereocenters. The summed E-state index contributed by atoms with van der Waals surface area (Å²) < 4.78 is 0. The van der Waals surface area contributed by atoms with E-state index < -0.39 is 0 Å². The quantitative estimate of drug-likeness (QED) is 0.589. The van der Waals surface area contributed by atoms with Crippen LogP contribution in [0, 0.1) is 5.92 Å². The van der Waals surface area contributed by atoms with Gasteiger partial charge in [0.1, 0.15) is 0 Å². The van der Waals surface area contributed by atoms with E-state index >= 15 is 0 Å². The van der Waals surface area contributed by atoms with Crippen LogP contribution in [0.5, 0.6) is 0 Å². The first-order chi connectivity index (χ1) is 4.70. The van der Waals surface area contributed by atoms with Crippen molar-refractivity contribution in [2.24, 2.45) is 5.92 Å². The molecule has 10 heavy (non-hydrogen) atoms. The molecule has 0 bridgehead atoms. The molecule has 0 aromatic rings. The molecule has 58 valence electrons. The smallest absolute Gasteiger partial charge is 0.0106 e. The Labute approximate surface area is 63.8 Å². The van der Waals surface area contributed by atoms with Crippen molar-refractivity contribution in [3.63, 3.8) is 0 Å². The fraction of sp³-hybridized carbons (Fsp3) is 0.556. The van der Waals surface area contributed by atoms with E-state index in [0.717, 1.165) is 6.42 Å². The van der Waals surface area contributed by atoms with E-state index in [1.807, 2.05) is 19.2 Å². The SMILES string of the molecule is C=C/C=C(\CC(C)C)NC. The Morgan fingerprint density at radius 1 is 1.60 bits per heavy atom. The van der Waals surface area contributed by atoms with Gasteiger partial charge < -0.3 is 5.32 Å². The first-order valence-corrected chi connectivity index (χ1v) is 3.70. The third-order valence-electron chi connectivity index (χ3n) is 1.27. The van der Waals surface area contributed by atoms with Gasteiger partial charge in [0.15, 0.2) is 0 Å². The van der Waals surface area contributed by atoms with E-state index in [-0.39, 0.29) is 0 Å². The number of hydrogen-bond donors (Lipinski definition) is 1. The summed E-state index contributed by atoms with van der Waals surface area (Å²) in [4.78, 5) is 0. The molecule has 0 aliphatic heterocycles. The second kappa shape index (κ2) is 5.10. The summed E-state index contributed by atoms with van der Waals surface area (Å²) in [6, 6.07) is 0. The number of allylic oxidation sites excluding steroid dienone is 3. The molecule has 0 spiro atoms. The molecule has 1 heteroatoms. The van der Waals surface area contributed by atoms with Crippen LogP contribution in [-0.2, 0) is 0 Å². The largest absolute Gasteiger partial charge is 0.391 e. The normalized spacial score (nSPS) is 11.8. The van der Waals surface area contributed by atoms with Crippen molar-refractivity contribution in [2.45, 2.75) is 20.3 Å². The summed E-state index contributed by atoms with van der Waals surface area (Å²) >= 11 is 0. The van der Waals surface area contributed by atoms with Gasteiger partial charge in [-0.2, -0.15) is 0 Å². The van der Waals surface area contributed by atoms with Crippen molar-refractivity contribution in [1.29, 1.82) is 0 Å². The molecule has 0 aromatic heterocycles. The monoisotopic (exact) mass is 139 g/mol. The van der Waals surface area contributed by atoms with Gasteiger partial charge in [-0.1, -0.05) is 26.5 Å². The van der Waals surface area contributed by atoms with Gasteiger partial charge in [-0.05, 0) is 18.4 Å². The molecular formula is C9H17N. The fourth-order valence-electron chi connectivity index (χ4n) is 0.836. The second-order valence-electron chi connectivity index (χ2n) is 2.78. The van der Waals surface area contributed by atoms with Crippen molar-refractivity contribution in [3.05, 3.63) is 24.4 Å². The molecule has 0 rings (SSSR count). The van der Waals surface area contributed by atoms with Crippen molar-refractivity contribution < 1.29 is 0 Å². The number of nitrogens with one attached hydrogen (secondary N) is 1. The third kappa shape index (κ3) is 4.19. The topological polar surface area (TPSA) is 12.0 Å². The molecule has 0 saturated carbocycles. The highest BCUT2D eigenvalue weighted by molar-refractivity contribution is 5.08. The van der Waals surface area contributed by atoms with Gasteiger partial charge in [0, 0.05) is 12.7 Å². The van der Waals surface area contributed by atoms with E-state index in [1.165, 1.54) is 5.70 Å². The van der Waals surface area contributed by atoms with Crippen LogP contribution in [0.3, 0.4) is 0 Å². The van der Waals surface area contributed by atoms with Crippen molar-refractivity contribution in [2.75, 3.05) is 7.05 Å². The van der Waals surface area contributed by atoms with Crippen LogP contribution in [0.4, 0.5) is 0 Å². The van der Waals surface area contributed by atoms with Gasteiger partial charge in [0.2, 0.25) is 0 Å². The molecule has 0 amide bonds. The molecule has 0 atom stereocenters. The van der Waals surface area contributed by atoms with Crippen LogP contribution in [0.25, 0.3) is 0 Å². The predicted molar refractivity (Wildman–Crippen MR) is 46.8 cm³/mol. The lowest BCUT2D eigenvalue weighted by molar-refractivity contribution is 0.618. The Morgan fingerprint density at radius 2 is 2.20 bits per heavy atom. The lowest BCUT2D eigenvalue weighted by Crippen LogP contribution is -2.07. The van der Waals surface area contributed by atoms with Crippen molar-refractivity contribution in [3.8, 4) is 0 Å². The Bertz CT molecular complexity index is 123. The minimum Gasteiger partial charge on any atom is -0.391 e. The highest BCUT2D eigenvalue weighted by Gasteiger charge is 1.95. The van der Waals surface area contributed by atoms with Crippen LogP contribution in [0.2, 0.25) is 0 Å². The summed E-state index contributed by atoms with van der Waals surface area (Å²) in [6.07, 6.45) is 4.93. The van der Waals surface area contributed by atoms with Gasteiger partial charge >= 0.3 is 0 Å². The molecule has 0 fully saturated rings. The highest BCUT2D eigenvalue weighted by Crippen LogP contribution is 2.06. The molecule has 0 heterocycles. The molecule has 0 radical (unpaired) electrons. The zero-order chi connectivity index (χ0) is 7.98. The maximum atomic E-state index is 3.64. The Kier molecular flexibility index (Phi) is 4.73. The molecule has 0 saturated heterocycles. The first kappa shape index (κ1) is 9.28. The van der Waals surface area contributed by atoms with E-state index in [9.17, 15) is 0 Å². The van der Waals surface area contributed by atoms with Crippen LogP contribution < -0.4 is 5.32 Å². The van der Waals surface area contributed by atoms with Crippen molar-refractivity contribution in [1.82, 2.24) is 5.32 Å². The molecule has 0 aliphatic rings. The maximum Gasteiger partial charge on any atom is 0.0106 e. The molecular weight excluding hydrogens is 122 g/mol. The molecule has 0 aliphatic carbocycles. The fourth-order valence-corrected chi connectivity index (χ4v) is 0.836. The molecule has 1 nitrogen and oxygen atoms in total. The van der Waals surface area contributed by atoms with Crippen LogP contribution in [0.1, 0.15) is 20.3 Å². The van der Waals surface area contributed by atoms with Gasteiger partial charge in [-0.3, -0.25) is 0 Å². The Hall–Kier alpha value is -0.720. The summed E-state index contributed by atoms with van der Waals surface area (Å²) in [5.74, 6) is 0.707. The average Bonchev–Trinajstić information content (AvgIpc) is 1.86. The summed E-state index contributed by atoms with van der Waals surface area (Å²) in [6.45, 7) is 8.04. The summed E-state index contributed by atoms with van der Waals surface area (Å²) in [5, 5.41) is 3.12. The zero-order valence-electron chi connectivity index (χ0n) is 7.15. The van der Waals surface area contributed by atoms with Gasteiger partial charge in [-0.15, -0.1) is 0 Å². The van der Waals surface area contributed by atoms with E-state index in [2.05, 4.69) is 25.7 Å². The summed E-state index contributed by atoms with van der Waals surface area (Å²) in [5.41, 5.74) is 1.25. The van der Waals surface area contributed by atoms with Crippen LogP contribution in [-0.4, -0.2) is 7.05 Å². The van der Waals surface area contributed by atoms with E-state index in [0.29, 0.717) is 5.92 Å². The minimum atomic E-state index is 0.707. The van der Waals surface area contributed by atoms with E-state index in [4.69, 9.17) is 0 Å². The van der Waals surface area contributed by atoms with Gasteiger partial charge in [-0.25, -0.2) is 0 Å². The predicted octanol–water partition coefficient (Wildman–Crippen LogP) is 2.32. The Balaban J connectivity index is 3.82. The minimum absolute atomic E-state index is 0.707. The Morgan fingerprint density at radius 3 is 2.50 bits per heavy atom. The zero-order valence-corrected chi connectivity index (χ0v) is 7.15. The summed E-state index contributed by atoms with van der Waals surface area (Å²) in [7, 11) is 1.94. The van der Waals surface area contributed by atoms with Crippen molar-refractivity contribution >= 4 is 0 Å². The lowest BCUT2D eigenvalue weighted by Gasteiger charge is -2.07. The van der Waals surface area contributed by atoms with E-state index in [1.54, 1.807) is 0 Å². The van der Waals surface area contributed by atoms with Gasteiger partial charge in [0.25, 0.3) is 0 Å². The van der Waals surface area contributed by atoms with Crippen LogP contribution >= 0.6 is 0 Å². The lowest BCUT2D eigenvalue weighted by atomic mass is 10.1. The number of hydrogen-bond acceptors (Lipinski definition) is 1.